The van der Waals surface area contributed by atoms with Crippen molar-refractivity contribution in [1.82, 2.24) is 10.2 Å². The molecule has 0 saturated heterocycles. The van der Waals surface area contributed by atoms with Gasteiger partial charge < -0.3 is 15.0 Å². The average molecular weight is 437 g/mol. The fourth-order valence-corrected chi connectivity index (χ4v) is 4.37. The summed E-state index contributed by atoms with van der Waals surface area (Å²) in [5.74, 6) is 0.775. The van der Waals surface area contributed by atoms with Crippen LogP contribution in [0.2, 0.25) is 0 Å². The van der Waals surface area contributed by atoms with Gasteiger partial charge in [-0.1, -0.05) is 67.8 Å². The van der Waals surface area contributed by atoms with Gasteiger partial charge in [0.1, 0.15) is 11.8 Å². The maximum absolute atomic E-state index is 13.3. The lowest BCUT2D eigenvalue weighted by atomic mass is 10.1. The van der Waals surface area contributed by atoms with Crippen LogP contribution in [0.1, 0.15) is 63.0 Å². The predicted molar refractivity (Wildman–Crippen MR) is 127 cm³/mol. The molecule has 3 rings (SSSR count). The van der Waals surface area contributed by atoms with Gasteiger partial charge >= 0.3 is 0 Å². The molecule has 2 aromatic carbocycles. The standard InChI is InChI=1S/C27H36N2O3/c1-3-25(27(31)28-23-13-7-8-14-23)29(20-22-12-9-11-21(2)19-22)26(30)17-10-18-32-24-15-5-4-6-16-24/h4-6,9,11-12,15-16,19,23,25H,3,7-8,10,13-14,17-18,20H2,1-2H3,(H,28,31)/t25-/m0/s1. The molecule has 0 aromatic heterocycles. The Bertz CT molecular complexity index is 862. The van der Waals surface area contributed by atoms with Crippen molar-refractivity contribution in [2.24, 2.45) is 0 Å². The monoisotopic (exact) mass is 436 g/mol. The first kappa shape index (κ1) is 23.8. The van der Waals surface area contributed by atoms with E-state index in [1.807, 2.05) is 62.4 Å². The smallest absolute Gasteiger partial charge is 0.243 e. The lowest BCUT2D eigenvalue weighted by Gasteiger charge is -2.31. The molecule has 172 valence electrons. The Morgan fingerprint density at radius 3 is 2.53 bits per heavy atom. The maximum atomic E-state index is 13.3. The second-order valence-corrected chi connectivity index (χ2v) is 8.69. The summed E-state index contributed by atoms with van der Waals surface area (Å²) in [6.07, 6.45) is 5.95. The summed E-state index contributed by atoms with van der Waals surface area (Å²) in [6.45, 7) is 4.93. The third-order valence-electron chi connectivity index (χ3n) is 6.07. The zero-order valence-electron chi connectivity index (χ0n) is 19.4. The molecule has 1 aliphatic rings. The van der Waals surface area contributed by atoms with Crippen molar-refractivity contribution in [2.45, 2.75) is 77.4 Å². The van der Waals surface area contributed by atoms with Crippen molar-refractivity contribution in [2.75, 3.05) is 6.61 Å². The van der Waals surface area contributed by atoms with Crippen LogP contribution in [-0.2, 0) is 16.1 Å². The first-order chi connectivity index (χ1) is 15.6. The van der Waals surface area contributed by atoms with Gasteiger partial charge in [0.15, 0.2) is 0 Å². The average Bonchev–Trinajstić information content (AvgIpc) is 3.30. The first-order valence-corrected chi connectivity index (χ1v) is 11.9. The molecule has 0 radical (unpaired) electrons. The number of nitrogens with zero attached hydrogens (tertiary/aromatic N) is 1. The van der Waals surface area contributed by atoms with E-state index in [2.05, 4.69) is 11.4 Å². The molecule has 0 bridgehead atoms. The number of hydrogen-bond acceptors (Lipinski definition) is 3. The molecule has 32 heavy (non-hydrogen) atoms. The summed E-state index contributed by atoms with van der Waals surface area (Å²) in [4.78, 5) is 28.2. The molecule has 5 heteroatoms. The summed E-state index contributed by atoms with van der Waals surface area (Å²) >= 11 is 0. The molecule has 1 N–H and O–H groups in total. The highest BCUT2D eigenvalue weighted by Gasteiger charge is 2.30. The number of amides is 2. The molecule has 1 atom stereocenters. The largest absolute Gasteiger partial charge is 0.494 e. The number of hydrogen-bond donors (Lipinski definition) is 1. The minimum absolute atomic E-state index is 0.00316. The predicted octanol–water partition coefficient (Wildman–Crippen LogP) is 5.02. The normalized spacial score (nSPS) is 14.7. The van der Waals surface area contributed by atoms with Gasteiger partial charge in [0.05, 0.1) is 6.61 Å². The second kappa shape index (κ2) is 12.3. The number of carbonyl (C=O) groups excluding carboxylic acids is 2. The quantitative estimate of drug-likeness (QED) is 0.503. The molecule has 0 aliphatic heterocycles. The van der Waals surface area contributed by atoms with Crippen LogP contribution in [-0.4, -0.2) is 35.4 Å². The van der Waals surface area contributed by atoms with Crippen LogP contribution in [0.25, 0.3) is 0 Å². The summed E-state index contributed by atoms with van der Waals surface area (Å²) in [5.41, 5.74) is 2.20. The molecule has 0 heterocycles. The molecular weight excluding hydrogens is 400 g/mol. The van der Waals surface area contributed by atoms with Gasteiger partial charge in [-0.05, 0) is 50.3 Å². The van der Waals surface area contributed by atoms with E-state index in [0.717, 1.165) is 42.6 Å². The topological polar surface area (TPSA) is 58.6 Å². The Balaban J connectivity index is 1.65. The minimum atomic E-state index is -0.460. The van der Waals surface area contributed by atoms with Crippen molar-refractivity contribution in [3.8, 4) is 5.75 Å². The van der Waals surface area contributed by atoms with E-state index >= 15 is 0 Å². The summed E-state index contributed by atoms with van der Waals surface area (Å²) in [7, 11) is 0. The summed E-state index contributed by atoms with van der Waals surface area (Å²) in [5, 5.41) is 3.19. The van der Waals surface area contributed by atoms with E-state index in [-0.39, 0.29) is 17.9 Å². The van der Waals surface area contributed by atoms with Gasteiger partial charge in [-0.15, -0.1) is 0 Å². The van der Waals surface area contributed by atoms with E-state index in [0.29, 0.717) is 32.4 Å². The molecule has 1 fully saturated rings. The Morgan fingerprint density at radius 2 is 1.84 bits per heavy atom. The van der Waals surface area contributed by atoms with E-state index in [4.69, 9.17) is 4.74 Å². The van der Waals surface area contributed by atoms with Crippen molar-refractivity contribution < 1.29 is 14.3 Å². The van der Waals surface area contributed by atoms with Crippen LogP contribution in [0.4, 0.5) is 0 Å². The first-order valence-electron chi connectivity index (χ1n) is 11.9. The van der Waals surface area contributed by atoms with Crippen LogP contribution >= 0.6 is 0 Å². The maximum Gasteiger partial charge on any atom is 0.243 e. The zero-order valence-corrected chi connectivity index (χ0v) is 19.4. The SMILES string of the molecule is CC[C@@H](C(=O)NC1CCCC1)N(Cc1cccc(C)c1)C(=O)CCCOc1ccccc1. The fourth-order valence-electron chi connectivity index (χ4n) is 4.37. The second-order valence-electron chi connectivity index (χ2n) is 8.69. The lowest BCUT2D eigenvalue weighted by molar-refractivity contribution is -0.141. The van der Waals surface area contributed by atoms with Gasteiger partial charge in [0, 0.05) is 19.0 Å². The van der Waals surface area contributed by atoms with Crippen molar-refractivity contribution >= 4 is 11.8 Å². The molecule has 2 amide bonds. The van der Waals surface area contributed by atoms with E-state index in [9.17, 15) is 9.59 Å². The molecule has 5 nitrogen and oxygen atoms in total. The van der Waals surface area contributed by atoms with Gasteiger partial charge in [-0.3, -0.25) is 9.59 Å². The van der Waals surface area contributed by atoms with Crippen molar-refractivity contribution in [3.63, 3.8) is 0 Å². The van der Waals surface area contributed by atoms with Gasteiger partial charge in [0.2, 0.25) is 11.8 Å². The molecule has 0 spiro atoms. The minimum Gasteiger partial charge on any atom is -0.494 e. The van der Waals surface area contributed by atoms with Crippen LogP contribution in [0.15, 0.2) is 54.6 Å². The molecular formula is C27H36N2O3. The highest BCUT2D eigenvalue weighted by atomic mass is 16.5. The number of para-hydroxylation sites is 1. The highest BCUT2D eigenvalue weighted by Crippen LogP contribution is 2.20. The summed E-state index contributed by atoms with van der Waals surface area (Å²) in [6, 6.07) is 17.6. The third kappa shape index (κ3) is 7.11. The Kier molecular flexibility index (Phi) is 9.14. The van der Waals surface area contributed by atoms with E-state index < -0.39 is 6.04 Å². The highest BCUT2D eigenvalue weighted by molar-refractivity contribution is 5.87. The van der Waals surface area contributed by atoms with E-state index in [1.165, 1.54) is 0 Å². The number of rotatable bonds is 11. The Morgan fingerprint density at radius 1 is 1.09 bits per heavy atom. The zero-order chi connectivity index (χ0) is 22.8. The Hall–Kier alpha value is -2.82. The Labute approximate surface area is 192 Å². The number of aryl methyl sites for hydroxylation is 1. The number of carbonyl (C=O) groups is 2. The molecule has 1 saturated carbocycles. The number of benzene rings is 2. The van der Waals surface area contributed by atoms with Gasteiger partial charge in [0.25, 0.3) is 0 Å². The summed E-state index contributed by atoms with van der Waals surface area (Å²) < 4.78 is 5.74. The van der Waals surface area contributed by atoms with Gasteiger partial charge in [-0.25, -0.2) is 0 Å². The molecule has 2 aromatic rings. The van der Waals surface area contributed by atoms with E-state index in [1.54, 1.807) is 4.90 Å². The van der Waals surface area contributed by atoms with Crippen molar-refractivity contribution in [1.29, 1.82) is 0 Å². The molecule has 0 unspecified atom stereocenters. The third-order valence-corrected chi connectivity index (χ3v) is 6.07. The van der Waals surface area contributed by atoms with Crippen LogP contribution < -0.4 is 10.1 Å². The van der Waals surface area contributed by atoms with Crippen LogP contribution in [0, 0.1) is 6.92 Å². The van der Waals surface area contributed by atoms with Crippen LogP contribution in [0.3, 0.4) is 0 Å². The number of nitrogens with one attached hydrogen (secondary N) is 1. The van der Waals surface area contributed by atoms with Crippen molar-refractivity contribution in [3.05, 3.63) is 65.7 Å². The number of ether oxygens (including phenoxy) is 1. The molecule has 1 aliphatic carbocycles. The lowest BCUT2D eigenvalue weighted by Crippen LogP contribution is -2.50. The fraction of sp³-hybridized carbons (Fsp3) is 0.481. The van der Waals surface area contributed by atoms with Crippen LogP contribution in [0.5, 0.6) is 5.75 Å². The van der Waals surface area contributed by atoms with Gasteiger partial charge in [-0.2, -0.15) is 0 Å².